The largest absolute Gasteiger partial charge is 0.103 e. The zero-order chi connectivity index (χ0) is 8.69. The summed E-state index contributed by atoms with van der Waals surface area (Å²) in [4.78, 5) is 0. The second kappa shape index (κ2) is 6.21. The third kappa shape index (κ3) is 5.90. The Balaban J connectivity index is 3.52. The first kappa shape index (κ1) is 10.5. The van der Waals surface area contributed by atoms with Gasteiger partial charge in [-0.1, -0.05) is 31.6 Å². The smallest absolute Gasteiger partial charge is 0.0262 e. The molecule has 0 radical (unpaired) electrons. The first-order chi connectivity index (χ1) is 5.20. The molecule has 0 rings (SSSR count). The van der Waals surface area contributed by atoms with Gasteiger partial charge >= 0.3 is 0 Å². The summed E-state index contributed by atoms with van der Waals surface area (Å²) in [5.41, 5.74) is 1.52. The van der Waals surface area contributed by atoms with E-state index in [0.717, 1.165) is 6.42 Å². The minimum absolute atomic E-state index is 0.662. The molecule has 0 aliphatic carbocycles. The normalized spacial score (nSPS) is 14.6. The van der Waals surface area contributed by atoms with Crippen molar-refractivity contribution in [3.63, 3.8) is 0 Å². The number of hydrogen-bond donors (Lipinski definition) is 0. The van der Waals surface area contributed by atoms with Crippen molar-refractivity contribution in [2.75, 3.05) is 0 Å². The van der Waals surface area contributed by atoms with Gasteiger partial charge in [-0.05, 0) is 32.1 Å². The summed E-state index contributed by atoms with van der Waals surface area (Å²) in [7, 11) is 0. The molecule has 0 spiro atoms. The van der Waals surface area contributed by atoms with Crippen LogP contribution in [0.2, 0.25) is 0 Å². The molecule has 0 aromatic heterocycles. The van der Waals surface area contributed by atoms with Gasteiger partial charge in [0, 0.05) is 0 Å². The van der Waals surface area contributed by atoms with Gasteiger partial charge in [-0.15, -0.1) is 6.58 Å². The van der Waals surface area contributed by atoms with Gasteiger partial charge in [0.1, 0.15) is 0 Å². The van der Waals surface area contributed by atoms with Crippen molar-refractivity contribution in [2.45, 2.75) is 40.0 Å². The Morgan fingerprint density at radius 3 is 2.64 bits per heavy atom. The Hall–Kier alpha value is -0.520. The highest BCUT2D eigenvalue weighted by atomic mass is 14.0. The van der Waals surface area contributed by atoms with Gasteiger partial charge in [-0.3, -0.25) is 0 Å². The maximum Gasteiger partial charge on any atom is -0.0262 e. The lowest BCUT2D eigenvalue weighted by molar-refractivity contribution is 0.645. The van der Waals surface area contributed by atoms with Crippen molar-refractivity contribution in [3.05, 3.63) is 24.3 Å². The van der Waals surface area contributed by atoms with E-state index in [1.54, 1.807) is 0 Å². The van der Waals surface area contributed by atoms with Crippen LogP contribution in [0.5, 0.6) is 0 Å². The van der Waals surface area contributed by atoms with Crippen molar-refractivity contribution >= 4 is 0 Å². The fourth-order valence-corrected chi connectivity index (χ4v) is 1.02. The van der Waals surface area contributed by atoms with Gasteiger partial charge in [0.2, 0.25) is 0 Å². The predicted molar refractivity (Wildman–Crippen MR) is 52.6 cm³/mol. The van der Waals surface area contributed by atoms with E-state index >= 15 is 0 Å². The summed E-state index contributed by atoms with van der Waals surface area (Å²) < 4.78 is 0. The van der Waals surface area contributed by atoms with Crippen molar-refractivity contribution < 1.29 is 0 Å². The standard InChI is InChI=1S/C11H20/c1-5-7-11(4)9-8-10(3)6-2/h6-7,10H,2,5,8-9H2,1,3-4H3. The van der Waals surface area contributed by atoms with E-state index in [1.807, 2.05) is 6.08 Å². The van der Waals surface area contributed by atoms with Crippen molar-refractivity contribution in [1.82, 2.24) is 0 Å². The molecule has 11 heavy (non-hydrogen) atoms. The highest BCUT2D eigenvalue weighted by Gasteiger charge is 1.95. The van der Waals surface area contributed by atoms with Crippen LogP contribution in [0.25, 0.3) is 0 Å². The van der Waals surface area contributed by atoms with Crippen LogP contribution in [0.15, 0.2) is 24.3 Å². The zero-order valence-corrected chi connectivity index (χ0v) is 8.06. The first-order valence-corrected chi connectivity index (χ1v) is 4.48. The fraction of sp³-hybridized carbons (Fsp3) is 0.636. The molecular formula is C11H20. The van der Waals surface area contributed by atoms with Crippen LogP contribution >= 0.6 is 0 Å². The van der Waals surface area contributed by atoms with E-state index < -0.39 is 0 Å². The lowest BCUT2D eigenvalue weighted by atomic mass is 10.0. The molecule has 0 N–H and O–H groups in total. The Bertz CT molecular complexity index is 131. The van der Waals surface area contributed by atoms with Gasteiger partial charge in [-0.25, -0.2) is 0 Å². The van der Waals surface area contributed by atoms with Crippen LogP contribution in [-0.4, -0.2) is 0 Å². The summed E-state index contributed by atoms with van der Waals surface area (Å²) in [5.74, 6) is 0.662. The average molecular weight is 152 g/mol. The number of rotatable bonds is 5. The summed E-state index contributed by atoms with van der Waals surface area (Å²) in [6.45, 7) is 10.4. The predicted octanol–water partition coefficient (Wildman–Crippen LogP) is 3.95. The van der Waals surface area contributed by atoms with Crippen LogP contribution in [0, 0.1) is 5.92 Å². The summed E-state index contributed by atoms with van der Waals surface area (Å²) in [6.07, 6.45) is 7.95. The molecule has 0 heteroatoms. The number of hydrogen-bond acceptors (Lipinski definition) is 0. The average Bonchev–Trinajstić information content (AvgIpc) is 2.01. The van der Waals surface area contributed by atoms with Crippen LogP contribution in [-0.2, 0) is 0 Å². The Morgan fingerprint density at radius 2 is 2.18 bits per heavy atom. The van der Waals surface area contributed by atoms with Gasteiger partial charge in [-0.2, -0.15) is 0 Å². The maximum absolute atomic E-state index is 3.77. The quantitative estimate of drug-likeness (QED) is 0.523. The van der Waals surface area contributed by atoms with E-state index in [0.29, 0.717) is 5.92 Å². The first-order valence-electron chi connectivity index (χ1n) is 4.48. The fourth-order valence-electron chi connectivity index (χ4n) is 1.02. The summed E-state index contributed by atoms with van der Waals surface area (Å²) in [5, 5.41) is 0. The molecule has 0 bridgehead atoms. The van der Waals surface area contributed by atoms with Gasteiger partial charge in [0.25, 0.3) is 0 Å². The highest BCUT2D eigenvalue weighted by Crippen LogP contribution is 2.12. The monoisotopic (exact) mass is 152 g/mol. The summed E-state index contributed by atoms with van der Waals surface area (Å²) >= 11 is 0. The van der Waals surface area contributed by atoms with Crippen LogP contribution in [0.3, 0.4) is 0 Å². The SMILES string of the molecule is C=CC(C)CCC(C)=CCC. The molecule has 0 aliphatic rings. The molecule has 0 aromatic carbocycles. The van der Waals surface area contributed by atoms with E-state index in [4.69, 9.17) is 0 Å². The van der Waals surface area contributed by atoms with Crippen LogP contribution in [0.4, 0.5) is 0 Å². The van der Waals surface area contributed by atoms with E-state index in [9.17, 15) is 0 Å². The topological polar surface area (TPSA) is 0 Å². The molecule has 0 saturated carbocycles. The molecule has 0 saturated heterocycles. The molecule has 64 valence electrons. The van der Waals surface area contributed by atoms with E-state index in [1.165, 1.54) is 18.4 Å². The number of allylic oxidation sites excluding steroid dienone is 3. The molecule has 0 fully saturated rings. The van der Waals surface area contributed by atoms with Crippen LogP contribution in [0.1, 0.15) is 40.0 Å². The van der Waals surface area contributed by atoms with Crippen molar-refractivity contribution in [3.8, 4) is 0 Å². The molecule has 0 heterocycles. The van der Waals surface area contributed by atoms with Crippen molar-refractivity contribution in [1.29, 1.82) is 0 Å². The minimum atomic E-state index is 0.662. The van der Waals surface area contributed by atoms with Crippen molar-refractivity contribution in [2.24, 2.45) is 5.92 Å². The molecule has 0 aromatic rings. The van der Waals surface area contributed by atoms with Crippen LogP contribution < -0.4 is 0 Å². The molecule has 0 aliphatic heterocycles. The Kier molecular flexibility index (Phi) is 5.91. The lowest BCUT2D eigenvalue weighted by Crippen LogP contribution is -1.89. The second-order valence-corrected chi connectivity index (χ2v) is 3.21. The Labute approximate surface area is 71.0 Å². The molecular weight excluding hydrogens is 132 g/mol. The zero-order valence-electron chi connectivity index (χ0n) is 8.06. The third-order valence-corrected chi connectivity index (χ3v) is 1.95. The van der Waals surface area contributed by atoms with Gasteiger partial charge in [0.15, 0.2) is 0 Å². The van der Waals surface area contributed by atoms with Gasteiger partial charge < -0.3 is 0 Å². The van der Waals surface area contributed by atoms with Gasteiger partial charge in [0.05, 0.1) is 0 Å². The lowest BCUT2D eigenvalue weighted by Gasteiger charge is -2.04. The second-order valence-electron chi connectivity index (χ2n) is 3.21. The van der Waals surface area contributed by atoms with E-state index in [-0.39, 0.29) is 0 Å². The minimum Gasteiger partial charge on any atom is -0.103 e. The third-order valence-electron chi connectivity index (χ3n) is 1.95. The summed E-state index contributed by atoms with van der Waals surface area (Å²) in [6, 6.07) is 0. The highest BCUT2D eigenvalue weighted by molar-refractivity contribution is 4.97. The van der Waals surface area contributed by atoms with E-state index in [2.05, 4.69) is 33.4 Å². The molecule has 0 nitrogen and oxygen atoms in total. The maximum atomic E-state index is 3.77. The molecule has 0 amide bonds. The molecule has 1 atom stereocenters. The molecule has 1 unspecified atom stereocenters. The Morgan fingerprint density at radius 1 is 1.55 bits per heavy atom.